The Hall–Kier alpha value is -2.06. The number of nitrogens with zero attached hydrogens (tertiary/aromatic N) is 3. The van der Waals surface area contributed by atoms with Gasteiger partial charge in [-0.15, -0.1) is 0 Å². The monoisotopic (exact) mass is 341 g/mol. The second-order valence-electron chi connectivity index (χ2n) is 7.36. The minimum atomic E-state index is -0.315. The molecule has 3 rings (SSSR count). The molecule has 2 saturated heterocycles. The molecule has 134 valence electrons. The summed E-state index contributed by atoms with van der Waals surface area (Å²) in [7, 11) is 0. The second-order valence-corrected chi connectivity index (χ2v) is 7.36. The van der Waals surface area contributed by atoms with Crippen molar-refractivity contribution in [2.75, 3.05) is 19.6 Å². The molecule has 1 atom stereocenters. The molecule has 5 heteroatoms. The van der Waals surface area contributed by atoms with Gasteiger partial charge in [0, 0.05) is 38.5 Å². The number of likely N-dealkylation sites (tertiary alicyclic amines) is 1. The number of benzene rings is 1. The minimum absolute atomic E-state index is 0.149. The standard InChI is InChI=1S/C20H27N3O2/c1-3-6-16(2)23-15-20(25-19(23)24)9-11-22(12-10-20)14-18-8-5-4-7-17(18)13-21/h4-5,7-8,16H,3,6,9-12,14-15H2,1-2H3. The van der Waals surface area contributed by atoms with Crippen molar-refractivity contribution in [3.05, 3.63) is 35.4 Å². The van der Waals surface area contributed by atoms with E-state index in [1.54, 1.807) is 0 Å². The largest absolute Gasteiger partial charge is 0.441 e. The van der Waals surface area contributed by atoms with Crippen molar-refractivity contribution in [3.63, 3.8) is 0 Å². The number of amides is 1. The van der Waals surface area contributed by atoms with E-state index < -0.39 is 0 Å². The number of ether oxygens (including phenoxy) is 1. The van der Waals surface area contributed by atoms with E-state index >= 15 is 0 Å². The quantitative estimate of drug-likeness (QED) is 0.822. The van der Waals surface area contributed by atoms with Gasteiger partial charge in [-0.2, -0.15) is 5.26 Å². The molecule has 0 saturated carbocycles. The molecule has 1 unspecified atom stereocenters. The van der Waals surface area contributed by atoms with Crippen LogP contribution < -0.4 is 0 Å². The molecule has 2 heterocycles. The van der Waals surface area contributed by atoms with E-state index in [0.717, 1.165) is 63.0 Å². The van der Waals surface area contributed by atoms with Gasteiger partial charge in [-0.1, -0.05) is 31.5 Å². The van der Waals surface area contributed by atoms with E-state index in [9.17, 15) is 10.1 Å². The van der Waals surface area contributed by atoms with Gasteiger partial charge in [0.05, 0.1) is 18.2 Å². The molecule has 2 aliphatic rings. The molecule has 5 nitrogen and oxygen atoms in total. The average molecular weight is 341 g/mol. The van der Waals surface area contributed by atoms with Gasteiger partial charge in [-0.25, -0.2) is 4.79 Å². The van der Waals surface area contributed by atoms with Crippen LogP contribution in [0, 0.1) is 11.3 Å². The second kappa shape index (κ2) is 7.45. The molecule has 0 radical (unpaired) electrons. The van der Waals surface area contributed by atoms with Gasteiger partial charge < -0.3 is 9.64 Å². The molecule has 2 fully saturated rings. The fraction of sp³-hybridized carbons (Fsp3) is 0.600. The highest BCUT2D eigenvalue weighted by atomic mass is 16.6. The molecular weight excluding hydrogens is 314 g/mol. The smallest absolute Gasteiger partial charge is 0.410 e. The Bertz CT molecular complexity index is 659. The van der Waals surface area contributed by atoms with Gasteiger partial charge in [0.1, 0.15) is 5.60 Å². The van der Waals surface area contributed by atoms with Gasteiger partial charge in [0.2, 0.25) is 0 Å². The molecular formula is C20H27N3O2. The van der Waals surface area contributed by atoms with Crippen LogP contribution >= 0.6 is 0 Å². The number of carbonyl (C=O) groups excluding carboxylic acids is 1. The highest BCUT2D eigenvalue weighted by Gasteiger charge is 2.47. The first-order valence-electron chi connectivity index (χ1n) is 9.27. The zero-order chi connectivity index (χ0) is 17.9. The molecule has 25 heavy (non-hydrogen) atoms. The van der Waals surface area contributed by atoms with E-state index in [4.69, 9.17) is 4.74 Å². The van der Waals surface area contributed by atoms with E-state index in [0.29, 0.717) is 0 Å². The summed E-state index contributed by atoms with van der Waals surface area (Å²) < 4.78 is 5.82. The summed E-state index contributed by atoms with van der Waals surface area (Å²) in [5.74, 6) is 0. The van der Waals surface area contributed by atoms with Crippen LogP contribution in [0.25, 0.3) is 0 Å². The predicted molar refractivity (Wildman–Crippen MR) is 96.0 cm³/mol. The van der Waals surface area contributed by atoms with Crippen molar-refractivity contribution in [3.8, 4) is 6.07 Å². The van der Waals surface area contributed by atoms with Crippen molar-refractivity contribution in [1.29, 1.82) is 5.26 Å². The summed E-state index contributed by atoms with van der Waals surface area (Å²) in [5.41, 5.74) is 1.50. The maximum atomic E-state index is 12.3. The summed E-state index contributed by atoms with van der Waals surface area (Å²) in [6.45, 7) is 7.54. The lowest BCUT2D eigenvalue weighted by Gasteiger charge is -2.37. The van der Waals surface area contributed by atoms with Crippen molar-refractivity contribution in [2.45, 2.75) is 57.7 Å². The van der Waals surface area contributed by atoms with Crippen molar-refractivity contribution < 1.29 is 9.53 Å². The number of hydrogen-bond donors (Lipinski definition) is 0. The zero-order valence-electron chi connectivity index (χ0n) is 15.2. The molecule has 2 aliphatic heterocycles. The first-order valence-corrected chi connectivity index (χ1v) is 9.27. The summed E-state index contributed by atoms with van der Waals surface area (Å²) in [4.78, 5) is 16.5. The molecule has 0 aliphatic carbocycles. The third-order valence-electron chi connectivity index (χ3n) is 5.53. The van der Waals surface area contributed by atoms with Crippen LogP contribution in [0.2, 0.25) is 0 Å². The summed E-state index contributed by atoms with van der Waals surface area (Å²) in [6.07, 6.45) is 3.67. The van der Waals surface area contributed by atoms with Crippen LogP contribution in [0.5, 0.6) is 0 Å². The van der Waals surface area contributed by atoms with Crippen LogP contribution in [0.1, 0.15) is 50.7 Å². The summed E-state index contributed by atoms with van der Waals surface area (Å²) in [5, 5.41) is 9.24. The van der Waals surface area contributed by atoms with Gasteiger partial charge in [0.25, 0.3) is 0 Å². The lowest BCUT2D eigenvalue weighted by molar-refractivity contribution is -0.00133. The molecule has 1 spiro atoms. The number of hydrogen-bond acceptors (Lipinski definition) is 4. The predicted octanol–water partition coefficient (Wildman–Crippen LogP) is 3.53. The molecule has 1 aromatic rings. The molecule has 0 N–H and O–H groups in total. The third-order valence-corrected chi connectivity index (χ3v) is 5.53. The van der Waals surface area contributed by atoms with Gasteiger partial charge >= 0.3 is 6.09 Å². The topological polar surface area (TPSA) is 56.6 Å². The van der Waals surface area contributed by atoms with Gasteiger partial charge in [0.15, 0.2) is 0 Å². The Morgan fingerprint density at radius 3 is 2.72 bits per heavy atom. The first-order chi connectivity index (χ1) is 12.1. The summed E-state index contributed by atoms with van der Waals surface area (Å²) in [6, 6.07) is 10.3. The zero-order valence-corrected chi connectivity index (χ0v) is 15.2. The number of carbonyl (C=O) groups is 1. The Morgan fingerprint density at radius 1 is 1.32 bits per heavy atom. The van der Waals surface area contributed by atoms with Crippen LogP contribution in [0.3, 0.4) is 0 Å². The summed E-state index contributed by atoms with van der Waals surface area (Å²) >= 11 is 0. The van der Waals surface area contributed by atoms with Crippen LogP contribution in [0.4, 0.5) is 4.79 Å². The fourth-order valence-corrected chi connectivity index (χ4v) is 3.95. The lowest BCUT2D eigenvalue weighted by Crippen LogP contribution is -2.47. The van der Waals surface area contributed by atoms with Crippen molar-refractivity contribution in [1.82, 2.24) is 9.80 Å². The molecule has 1 amide bonds. The number of rotatable bonds is 5. The Balaban J connectivity index is 1.59. The van der Waals surface area contributed by atoms with Crippen molar-refractivity contribution >= 4 is 6.09 Å². The van der Waals surface area contributed by atoms with E-state index in [1.165, 1.54) is 0 Å². The third kappa shape index (κ3) is 3.80. The Kier molecular flexibility index (Phi) is 5.29. The SMILES string of the molecule is CCCC(C)N1CC2(CCN(Cc3ccccc3C#N)CC2)OC1=O. The number of piperidine rings is 1. The van der Waals surface area contributed by atoms with E-state index in [2.05, 4.69) is 24.8 Å². The minimum Gasteiger partial charge on any atom is -0.441 e. The number of nitriles is 1. The Morgan fingerprint density at radius 2 is 2.04 bits per heavy atom. The maximum absolute atomic E-state index is 12.3. The van der Waals surface area contributed by atoms with Gasteiger partial charge in [-0.3, -0.25) is 4.90 Å². The fourth-order valence-electron chi connectivity index (χ4n) is 3.95. The molecule has 0 aromatic heterocycles. The highest BCUT2D eigenvalue weighted by molar-refractivity contribution is 5.71. The highest BCUT2D eigenvalue weighted by Crippen LogP contribution is 2.35. The van der Waals surface area contributed by atoms with E-state index in [1.807, 2.05) is 29.2 Å². The van der Waals surface area contributed by atoms with E-state index in [-0.39, 0.29) is 17.7 Å². The normalized spacial score (nSPS) is 21.2. The molecule has 1 aromatic carbocycles. The Labute approximate surface area is 150 Å². The first kappa shape index (κ1) is 17.8. The van der Waals surface area contributed by atoms with Crippen LogP contribution in [-0.2, 0) is 11.3 Å². The van der Waals surface area contributed by atoms with Gasteiger partial charge in [-0.05, 0) is 25.0 Å². The van der Waals surface area contributed by atoms with Crippen molar-refractivity contribution in [2.24, 2.45) is 0 Å². The van der Waals surface area contributed by atoms with Crippen LogP contribution in [-0.4, -0.2) is 47.2 Å². The average Bonchev–Trinajstić information content (AvgIpc) is 2.94. The van der Waals surface area contributed by atoms with Crippen LogP contribution in [0.15, 0.2) is 24.3 Å². The molecule has 0 bridgehead atoms. The maximum Gasteiger partial charge on any atom is 0.410 e. The lowest BCUT2D eigenvalue weighted by atomic mass is 9.90.